The molecule has 2 fully saturated rings. The molecular weight excluding hydrogens is 482 g/mol. The Kier molecular flexibility index (Phi) is 14.0. The summed E-state index contributed by atoms with van der Waals surface area (Å²) in [7, 11) is 20.1. The first-order valence-corrected chi connectivity index (χ1v) is 17.6. The predicted octanol–water partition coefficient (Wildman–Crippen LogP) is 5.84. The summed E-state index contributed by atoms with van der Waals surface area (Å²) in [4.78, 5) is 0. The number of hydrogen-bond donors (Lipinski definition) is 0. The summed E-state index contributed by atoms with van der Waals surface area (Å²) >= 11 is -3.11. The van der Waals surface area contributed by atoms with Gasteiger partial charge in [-0.1, -0.05) is 38.5 Å². The first-order chi connectivity index (χ1) is 8.00. The Labute approximate surface area is 124 Å². The van der Waals surface area contributed by atoms with Gasteiger partial charge in [0, 0.05) is 0 Å². The van der Waals surface area contributed by atoms with Crippen molar-refractivity contribution < 1.29 is 11.2 Å². The van der Waals surface area contributed by atoms with E-state index >= 15 is 0 Å². The molecule has 2 rings (SSSR count). The Balaban J connectivity index is 0.000000228. The number of rotatable bonds is 0. The molecule has 0 unspecified atom stereocenters. The van der Waals surface area contributed by atoms with Gasteiger partial charge in [-0.2, -0.15) is 0 Å². The zero-order valence-electron chi connectivity index (χ0n) is 9.81. The van der Waals surface area contributed by atoms with Crippen LogP contribution in [-0.2, 0) is 11.2 Å². The van der Waals surface area contributed by atoms with Crippen LogP contribution >= 0.6 is 38.3 Å². The predicted molar refractivity (Wildman–Crippen MR) is 77.3 cm³/mol. The maximum atomic E-state index is 5.01. The van der Waals surface area contributed by atoms with Crippen molar-refractivity contribution in [1.29, 1.82) is 0 Å². The molecule has 2 aliphatic heterocycles. The van der Waals surface area contributed by atoms with E-state index in [1.165, 1.54) is 38.5 Å². The Hall–Kier alpha value is 1.73. The molecule has 0 radical (unpaired) electrons. The van der Waals surface area contributed by atoms with E-state index in [0.29, 0.717) is 0 Å². The van der Waals surface area contributed by atoms with Gasteiger partial charge < -0.3 is 10.6 Å². The van der Waals surface area contributed by atoms with Gasteiger partial charge in [-0.05, 0) is 0 Å². The van der Waals surface area contributed by atoms with E-state index in [4.69, 9.17) is 38.3 Å². The molecule has 0 aromatic carbocycles. The van der Waals surface area contributed by atoms with Crippen molar-refractivity contribution in [2.24, 2.45) is 0 Å². The molecule has 0 amide bonds. The van der Waals surface area contributed by atoms with Gasteiger partial charge in [-0.15, -0.1) is 26.2 Å². The molecule has 2 nitrogen and oxygen atoms in total. The van der Waals surface area contributed by atoms with Crippen LogP contribution in [-0.4, -0.2) is 26.2 Å². The van der Waals surface area contributed by atoms with E-state index in [0.717, 1.165) is 26.2 Å². The molecule has 2 saturated heterocycles. The van der Waals surface area contributed by atoms with Gasteiger partial charge in [0.1, 0.15) is 0 Å². The number of halogens is 4. The summed E-state index contributed by atoms with van der Waals surface area (Å²) < 4.78 is 0. The Morgan fingerprint density at radius 3 is 0.824 bits per heavy atom. The molecule has 0 atom stereocenters. The van der Waals surface area contributed by atoms with E-state index in [9.17, 15) is 0 Å². The van der Waals surface area contributed by atoms with Crippen molar-refractivity contribution in [2.45, 2.75) is 38.5 Å². The quantitative estimate of drug-likeness (QED) is 0.398. The van der Waals surface area contributed by atoms with Crippen LogP contribution in [0.2, 0.25) is 0 Å². The van der Waals surface area contributed by atoms with Crippen molar-refractivity contribution >= 4 is 38.3 Å². The van der Waals surface area contributed by atoms with E-state index < -0.39 is 11.2 Å². The van der Waals surface area contributed by atoms with E-state index in [1.807, 2.05) is 0 Å². The van der Waals surface area contributed by atoms with Crippen molar-refractivity contribution in [3.8, 4) is 0 Å². The van der Waals surface area contributed by atoms with Crippen LogP contribution in [0.15, 0.2) is 0 Å². The number of piperidine rings is 2. The summed E-state index contributed by atoms with van der Waals surface area (Å²) in [6.45, 7) is 4.50. The minimum atomic E-state index is -3.11. The molecule has 2 aliphatic rings. The number of nitrogens with zero attached hydrogens (tertiary/aromatic N) is 2. The molecule has 17 heavy (non-hydrogen) atoms. The summed E-state index contributed by atoms with van der Waals surface area (Å²) in [6, 6.07) is 0. The molecule has 109 valence electrons. The van der Waals surface area contributed by atoms with Crippen LogP contribution in [0.1, 0.15) is 38.5 Å². The molecule has 0 N–H and O–H groups in total. The van der Waals surface area contributed by atoms with Crippen LogP contribution in [0.25, 0.3) is 10.6 Å². The average molecular weight is 502 g/mol. The summed E-state index contributed by atoms with van der Waals surface area (Å²) in [6.07, 6.45) is 8.15. The van der Waals surface area contributed by atoms with Crippen molar-refractivity contribution in [2.75, 3.05) is 26.2 Å². The van der Waals surface area contributed by atoms with Crippen molar-refractivity contribution in [3.05, 3.63) is 10.6 Å². The fraction of sp³-hybridized carbons (Fsp3) is 1.00. The molecular formula is C10H20Cl4IrN2-2. The molecule has 0 aliphatic carbocycles. The van der Waals surface area contributed by atoms with Crippen LogP contribution in [0.4, 0.5) is 0 Å². The Morgan fingerprint density at radius 1 is 0.529 bits per heavy atom. The fourth-order valence-electron chi connectivity index (χ4n) is 1.47. The van der Waals surface area contributed by atoms with Gasteiger partial charge in [0.15, 0.2) is 0 Å². The Morgan fingerprint density at radius 2 is 0.765 bits per heavy atom. The fourth-order valence-corrected chi connectivity index (χ4v) is 1.47. The summed E-state index contributed by atoms with van der Waals surface area (Å²) in [5.74, 6) is 0. The summed E-state index contributed by atoms with van der Waals surface area (Å²) in [5.41, 5.74) is 0. The SMILES string of the molecule is C1CC[N-]CC1.C1CC[N-]CC1.[Cl][Ir]([Cl])([Cl])[Cl]. The van der Waals surface area contributed by atoms with Crippen LogP contribution in [0, 0.1) is 0 Å². The monoisotopic (exact) mass is 501 g/mol. The molecule has 0 aromatic rings. The van der Waals surface area contributed by atoms with Crippen molar-refractivity contribution in [3.63, 3.8) is 0 Å². The van der Waals surface area contributed by atoms with Gasteiger partial charge in [-0.25, -0.2) is 0 Å². The van der Waals surface area contributed by atoms with Crippen LogP contribution in [0.5, 0.6) is 0 Å². The first kappa shape index (κ1) is 18.7. The third kappa shape index (κ3) is 23.3. The zero-order chi connectivity index (χ0) is 13.0. The number of hydrogen-bond acceptors (Lipinski definition) is 0. The van der Waals surface area contributed by atoms with Gasteiger partial charge in [0.05, 0.1) is 0 Å². The third-order valence-corrected chi connectivity index (χ3v) is 2.26. The minimum absolute atomic E-state index is 1.12. The van der Waals surface area contributed by atoms with Gasteiger partial charge >= 0.3 is 49.6 Å². The molecule has 0 saturated carbocycles. The molecule has 0 aromatic heterocycles. The topological polar surface area (TPSA) is 28.2 Å². The van der Waals surface area contributed by atoms with Gasteiger partial charge in [0.25, 0.3) is 0 Å². The molecule has 0 spiro atoms. The average Bonchev–Trinajstić information content (AvgIpc) is 2.32. The second kappa shape index (κ2) is 12.7. The second-order valence-electron chi connectivity index (χ2n) is 3.75. The zero-order valence-corrected chi connectivity index (χ0v) is 15.2. The normalized spacial score (nSPS) is 21.4. The molecule has 0 bridgehead atoms. The Bertz CT molecular complexity index is 118. The van der Waals surface area contributed by atoms with E-state index in [-0.39, 0.29) is 0 Å². The molecule has 2 heterocycles. The van der Waals surface area contributed by atoms with Gasteiger partial charge in [0.2, 0.25) is 0 Å². The van der Waals surface area contributed by atoms with Crippen LogP contribution in [0.3, 0.4) is 0 Å². The van der Waals surface area contributed by atoms with Gasteiger partial charge in [-0.3, -0.25) is 0 Å². The summed E-state index contributed by atoms with van der Waals surface area (Å²) in [5, 5.41) is 8.35. The third-order valence-electron chi connectivity index (χ3n) is 2.26. The first-order valence-electron chi connectivity index (χ1n) is 5.77. The standard InChI is InChI=1S/2C5H10N.4ClH.Ir/c2*1-2-4-6-5-3-1;;;;;/h2*1-5H2;4*1H;/q2*-1;;;;;+4/p-4. The van der Waals surface area contributed by atoms with Crippen molar-refractivity contribution in [1.82, 2.24) is 0 Å². The maximum absolute atomic E-state index is 5.01. The van der Waals surface area contributed by atoms with E-state index in [1.54, 1.807) is 0 Å². The van der Waals surface area contributed by atoms with Crippen LogP contribution < -0.4 is 0 Å². The van der Waals surface area contributed by atoms with E-state index in [2.05, 4.69) is 10.6 Å². The second-order valence-corrected chi connectivity index (χ2v) is 24.5. The molecule has 7 heteroatoms.